The molecule has 0 aliphatic heterocycles. The topological polar surface area (TPSA) is 74.7 Å². The first-order valence-corrected chi connectivity index (χ1v) is 9.70. The first kappa shape index (κ1) is 16.6. The molecule has 4 rings (SSSR count). The number of imidazole rings is 1. The molecular formula is C19H14N4OS2. The van der Waals surface area contributed by atoms with E-state index < -0.39 is 0 Å². The van der Waals surface area contributed by atoms with E-state index in [0.717, 1.165) is 26.4 Å². The van der Waals surface area contributed by atoms with Gasteiger partial charge in [-0.1, -0.05) is 36.0 Å². The van der Waals surface area contributed by atoms with E-state index in [-0.39, 0.29) is 17.1 Å². The van der Waals surface area contributed by atoms with Crippen molar-refractivity contribution in [2.45, 2.75) is 5.16 Å². The highest BCUT2D eigenvalue weighted by atomic mass is 32.2. The Bertz CT molecular complexity index is 1150. The smallest absolute Gasteiger partial charge is 0.169 e. The standard InChI is InChI=1S/C19H14N4OS2/c1-23-15-8-4-2-6-13(15)22-19(23)25-11-16(24)12(10-20)18-21-14-7-3-5-9-17(14)26-18/h2-9,24H,11H2,1H3/b16-12-. The van der Waals surface area contributed by atoms with Gasteiger partial charge >= 0.3 is 0 Å². The number of rotatable bonds is 4. The summed E-state index contributed by atoms with van der Waals surface area (Å²) in [4.78, 5) is 9.03. The van der Waals surface area contributed by atoms with Gasteiger partial charge in [-0.05, 0) is 24.3 Å². The van der Waals surface area contributed by atoms with Gasteiger partial charge in [0.15, 0.2) is 5.16 Å². The largest absolute Gasteiger partial charge is 0.510 e. The summed E-state index contributed by atoms with van der Waals surface area (Å²) in [6.45, 7) is 0. The van der Waals surface area contributed by atoms with Crippen molar-refractivity contribution in [3.05, 3.63) is 59.3 Å². The van der Waals surface area contributed by atoms with Crippen molar-refractivity contribution in [2.24, 2.45) is 7.05 Å². The van der Waals surface area contributed by atoms with Crippen LogP contribution in [0, 0.1) is 11.3 Å². The number of benzene rings is 2. The first-order valence-electron chi connectivity index (χ1n) is 7.90. The van der Waals surface area contributed by atoms with Crippen molar-refractivity contribution >= 4 is 49.9 Å². The molecule has 0 aliphatic carbocycles. The van der Waals surface area contributed by atoms with E-state index in [0.29, 0.717) is 5.01 Å². The van der Waals surface area contributed by atoms with E-state index in [1.807, 2.05) is 60.1 Å². The van der Waals surface area contributed by atoms with Crippen molar-refractivity contribution in [1.82, 2.24) is 14.5 Å². The quantitative estimate of drug-likeness (QED) is 0.315. The Hall–Kier alpha value is -2.82. The number of aryl methyl sites for hydroxylation is 1. The summed E-state index contributed by atoms with van der Waals surface area (Å²) in [5.74, 6) is 0.277. The van der Waals surface area contributed by atoms with Crippen LogP contribution < -0.4 is 0 Å². The average molecular weight is 378 g/mol. The zero-order valence-corrected chi connectivity index (χ0v) is 15.5. The molecule has 128 valence electrons. The summed E-state index contributed by atoms with van der Waals surface area (Å²) < 4.78 is 2.97. The lowest BCUT2D eigenvalue weighted by Gasteiger charge is -2.03. The average Bonchev–Trinajstić information content (AvgIpc) is 3.22. The number of thioether (sulfide) groups is 1. The zero-order chi connectivity index (χ0) is 18.1. The maximum atomic E-state index is 10.5. The third kappa shape index (κ3) is 2.94. The number of aliphatic hydroxyl groups is 1. The molecule has 5 nitrogen and oxygen atoms in total. The highest BCUT2D eigenvalue weighted by molar-refractivity contribution is 7.99. The van der Waals surface area contributed by atoms with E-state index in [2.05, 4.69) is 16.0 Å². The van der Waals surface area contributed by atoms with Crippen molar-refractivity contribution in [3.8, 4) is 6.07 Å². The van der Waals surface area contributed by atoms with E-state index in [4.69, 9.17) is 0 Å². The number of thiazole rings is 1. The molecule has 2 heterocycles. The number of para-hydroxylation sites is 3. The van der Waals surface area contributed by atoms with E-state index in [1.54, 1.807) is 0 Å². The highest BCUT2D eigenvalue weighted by Gasteiger charge is 2.15. The minimum Gasteiger partial charge on any atom is -0.510 e. The van der Waals surface area contributed by atoms with Gasteiger partial charge < -0.3 is 9.67 Å². The lowest BCUT2D eigenvalue weighted by Crippen LogP contribution is -1.96. The van der Waals surface area contributed by atoms with Gasteiger partial charge in [0.05, 0.1) is 27.0 Å². The van der Waals surface area contributed by atoms with Gasteiger partial charge in [-0.3, -0.25) is 0 Å². The fourth-order valence-corrected chi connectivity index (χ4v) is 4.52. The molecule has 0 aliphatic rings. The van der Waals surface area contributed by atoms with Crippen LogP contribution in [-0.4, -0.2) is 25.4 Å². The Labute approximate surface area is 158 Å². The summed E-state index contributed by atoms with van der Waals surface area (Å²) in [6.07, 6.45) is 0. The predicted octanol–water partition coefficient (Wildman–Crippen LogP) is 4.77. The fourth-order valence-electron chi connectivity index (χ4n) is 2.67. The van der Waals surface area contributed by atoms with Crippen LogP contribution in [0.1, 0.15) is 5.01 Å². The van der Waals surface area contributed by atoms with Gasteiger partial charge in [-0.25, -0.2) is 9.97 Å². The summed E-state index contributed by atoms with van der Waals surface area (Å²) in [6, 6.07) is 17.7. The highest BCUT2D eigenvalue weighted by Crippen LogP contribution is 2.30. The van der Waals surface area contributed by atoms with Crippen LogP contribution >= 0.6 is 23.1 Å². The van der Waals surface area contributed by atoms with Crippen LogP contribution in [0.4, 0.5) is 0 Å². The second-order valence-electron chi connectivity index (χ2n) is 5.65. The molecular weight excluding hydrogens is 364 g/mol. The van der Waals surface area contributed by atoms with Crippen molar-refractivity contribution in [1.29, 1.82) is 5.26 Å². The number of fused-ring (bicyclic) bond motifs is 2. The molecule has 2 aromatic carbocycles. The number of nitriles is 1. The molecule has 0 bridgehead atoms. The van der Waals surface area contributed by atoms with Crippen molar-refractivity contribution < 1.29 is 5.11 Å². The Morgan fingerprint density at radius 2 is 1.88 bits per heavy atom. The lowest BCUT2D eigenvalue weighted by atomic mass is 10.2. The third-order valence-corrected chi connectivity index (χ3v) is 6.09. The molecule has 0 fully saturated rings. The third-order valence-electron chi connectivity index (χ3n) is 3.99. The Kier molecular flexibility index (Phi) is 4.37. The molecule has 0 radical (unpaired) electrons. The van der Waals surface area contributed by atoms with Gasteiger partial charge in [0.2, 0.25) is 0 Å². The predicted molar refractivity (Wildman–Crippen MR) is 106 cm³/mol. The fraction of sp³-hybridized carbons (Fsp3) is 0.105. The number of aliphatic hydroxyl groups excluding tert-OH is 1. The summed E-state index contributed by atoms with van der Waals surface area (Å²) in [5.41, 5.74) is 2.99. The van der Waals surface area contributed by atoms with Crippen molar-refractivity contribution in [2.75, 3.05) is 5.75 Å². The van der Waals surface area contributed by atoms with Crippen LogP contribution in [0.2, 0.25) is 0 Å². The normalized spacial score (nSPS) is 12.3. The SMILES string of the molecule is Cn1c(SC/C(O)=C(\C#N)c2nc3ccccc3s2)nc2ccccc21. The van der Waals surface area contributed by atoms with E-state index in [1.165, 1.54) is 23.1 Å². The minimum absolute atomic E-state index is 0.0172. The lowest BCUT2D eigenvalue weighted by molar-refractivity contribution is 0.420. The molecule has 0 amide bonds. The molecule has 4 aromatic rings. The Balaban J connectivity index is 1.63. The molecule has 0 unspecified atom stereocenters. The van der Waals surface area contributed by atoms with E-state index in [9.17, 15) is 10.4 Å². The second kappa shape index (κ2) is 6.83. The van der Waals surface area contributed by atoms with Crippen LogP contribution in [0.3, 0.4) is 0 Å². The van der Waals surface area contributed by atoms with Gasteiger partial charge in [0.25, 0.3) is 0 Å². The molecule has 0 saturated heterocycles. The number of allylic oxidation sites excluding steroid dienone is 1. The number of nitrogens with zero attached hydrogens (tertiary/aromatic N) is 4. The van der Waals surface area contributed by atoms with Crippen molar-refractivity contribution in [3.63, 3.8) is 0 Å². The number of aromatic nitrogens is 3. The zero-order valence-electron chi connectivity index (χ0n) is 13.9. The maximum absolute atomic E-state index is 10.5. The number of hydrogen-bond donors (Lipinski definition) is 1. The summed E-state index contributed by atoms with van der Waals surface area (Å²) in [7, 11) is 1.94. The summed E-state index contributed by atoms with van der Waals surface area (Å²) in [5, 5.41) is 21.3. The first-order chi connectivity index (χ1) is 12.7. The maximum Gasteiger partial charge on any atom is 0.169 e. The second-order valence-corrected chi connectivity index (χ2v) is 7.62. The van der Waals surface area contributed by atoms with Gasteiger partial charge in [-0.15, -0.1) is 11.3 Å². The molecule has 7 heteroatoms. The van der Waals surface area contributed by atoms with Crippen LogP contribution in [0.15, 0.2) is 59.4 Å². The molecule has 0 saturated carbocycles. The monoisotopic (exact) mass is 378 g/mol. The van der Waals surface area contributed by atoms with Gasteiger partial charge in [0.1, 0.15) is 22.4 Å². The van der Waals surface area contributed by atoms with Gasteiger partial charge in [-0.2, -0.15) is 5.26 Å². The van der Waals surface area contributed by atoms with Gasteiger partial charge in [0, 0.05) is 7.05 Å². The summed E-state index contributed by atoms with van der Waals surface area (Å²) >= 11 is 2.80. The Morgan fingerprint density at radius 3 is 2.62 bits per heavy atom. The Morgan fingerprint density at radius 1 is 1.15 bits per heavy atom. The molecule has 26 heavy (non-hydrogen) atoms. The molecule has 2 aromatic heterocycles. The van der Waals surface area contributed by atoms with Crippen LogP contribution in [-0.2, 0) is 7.05 Å². The number of hydrogen-bond acceptors (Lipinski definition) is 6. The molecule has 0 atom stereocenters. The minimum atomic E-state index is 0.0172. The van der Waals surface area contributed by atoms with E-state index >= 15 is 0 Å². The van der Waals surface area contributed by atoms with Crippen LogP contribution in [0.25, 0.3) is 26.8 Å². The molecule has 0 spiro atoms. The molecule has 1 N–H and O–H groups in total. The van der Waals surface area contributed by atoms with Crippen LogP contribution in [0.5, 0.6) is 0 Å².